The summed E-state index contributed by atoms with van der Waals surface area (Å²) in [6.45, 7) is 2.57. The lowest BCUT2D eigenvalue weighted by molar-refractivity contribution is 0.106. The second-order valence-corrected chi connectivity index (χ2v) is 4.03. The van der Waals surface area contributed by atoms with Crippen molar-refractivity contribution < 1.29 is 9.47 Å². The molecule has 16 heavy (non-hydrogen) atoms. The zero-order chi connectivity index (χ0) is 11.4. The zero-order valence-corrected chi connectivity index (χ0v) is 9.90. The molecular weight excluding hydrogens is 230 g/mol. The number of hydrogen-bond donors (Lipinski definition) is 0. The van der Waals surface area contributed by atoms with Crippen molar-refractivity contribution in [2.75, 3.05) is 6.61 Å². The molecule has 0 amide bonds. The predicted molar refractivity (Wildman–Crippen MR) is 58.9 cm³/mol. The van der Waals surface area contributed by atoms with Crippen LogP contribution in [-0.4, -0.2) is 27.7 Å². The Labute approximate surface area is 99.2 Å². The molecule has 6 heteroatoms. The Kier molecular flexibility index (Phi) is 3.77. The highest BCUT2D eigenvalue weighted by atomic mass is 35.5. The van der Waals surface area contributed by atoms with Crippen molar-refractivity contribution in [2.45, 2.75) is 38.7 Å². The molecule has 0 aromatic carbocycles. The molecule has 0 atom stereocenters. The van der Waals surface area contributed by atoms with E-state index in [9.17, 15) is 0 Å². The second kappa shape index (κ2) is 5.30. The van der Waals surface area contributed by atoms with Gasteiger partial charge in [0.05, 0.1) is 6.61 Å². The Bertz CT molecular complexity index is 358. The summed E-state index contributed by atoms with van der Waals surface area (Å²) in [6.07, 6.45) is 4.41. The first kappa shape index (κ1) is 11.4. The highest BCUT2D eigenvalue weighted by Crippen LogP contribution is 2.24. The molecule has 1 aliphatic carbocycles. The van der Waals surface area contributed by atoms with Crippen LogP contribution < -0.4 is 9.47 Å². The van der Waals surface area contributed by atoms with Gasteiger partial charge in [-0.25, -0.2) is 0 Å². The van der Waals surface area contributed by atoms with Gasteiger partial charge in [0, 0.05) is 0 Å². The maximum absolute atomic E-state index is 5.75. The van der Waals surface area contributed by atoms with E-state index in [0.717, 1.165) is 19.3 Å². The first-order valence-electron chi connectivity index (χ1n) is 5.49. The minimum Gasteiger partial charge on any atom is -0.463 e. The van der Waals surface area contributed by atoms with E-state index in [-0.39, 0.29) is 23.4 Å². The molecule has 2 rings (SSSR count). The van der Waals surface area contributed by atoms with Gasteiger partial charge in [0.1, 0.15) is 6.10 Å². The first-order chi connectivity index (χ1) is 7.78. The summed E-state index contributed by atoms with van der Waals surface area (Å²) in [7, 11) is 0. The second-order valence-electron chi connectivity index (χ2n) is 3.69. The zero-order valence-electron chi connectivity index (χ0n) is 9.15. The van der Waals surface area contributed by atoms with Crippen molar-refractivity contribution in [3.05, 3.63) is 5.28 Å². The third-order valence-corrected chi connectivity index (χ3v) is 2.50. The van der Waals surface area contributed by atoms with Crippen LogP contribution in [0.3, 0.4) is 0 Å². The molecule has 1 heterocycles. The molecular formula is C10H14ClN3O2. The van der Waals surface area contributed by atoms with E-state index in [1.807, 2.05) is 6.92 Å². The summed E-state index contributed by atoms with van der Waals surface area (Å²) in [4.78, 5) is 11.8. The lowest BCUT2D eigenvalue weighted by Crippen LogP contribution is -2.25. The molecule has 5 nitrogen and oxygen atoms in total. The van der Waals surface area contributed by atoms with E-state index in [2.05, 4.69) is 15.0 Å². The summed E-state index contributed by atoms with van der Waals surface area (Å²) < 4.78 is 10.8. The fraction of sp³-hybridized carbons (Fsp3) is 0.700. The average Bonchev–Trinajstić information content (AvgIpc) is 2.20. The largest absolute Gasteiger partial charge is 0.463 e. The summed E-state index contributed by atoms with van der Waals surface area (Å²) in [5, 5.41) is 0.107. The van der Waals surface area contributed by atoms with Gasteiger partial charge in [-0.1, -0.05) is 6.92 Å². The van der Waals surface area contributed by atoms with Crippen LogP contribution in [0.4, 0.5) is 0 Å². The van der Waals surface area contributed by atoms with Gasteiger partial charge >= 0.3 is 12.0 Å². The van der Waals surface area contributed by atoms with Crippen LogP contribution >= 0.6 is 11.6 Å². The van der Waals surface area contributed by atoms with Crippen LogP contribution in [0.1, 0.15) is 32.6 Å². The van der Waals surface area contributed by atoms with Crippen molar-refractivity contribution in [3.8, 4) is 12.0 Å². The molecule has 0 aliphatic heterocycles. The van der Waals surface area contributed by atoms with E-state index in [4.69, 9.17) is 21.1 Å². The van der Waals surface area contributed by atoms with Crippen LogP contribution in [0.5, 0.6) is 12.0 Å². The van der Waals surface area contributed by atoms with Crippen LogP contribution in [0.15, 0.2) is 0 Å². The summed E-state index contributed by atoms with van der Waals surface area (Å²) in [6, 6.07) is 0.493. The first-order valence-corrected chi connectivity index (χ1v) is 5.86. The predicted octanol–water partition coefficient (Wildman–Crippen LogP) is 2.25. The lowest BCUT2D eigenvalue weighted by Gasteiger charge is -2.24. The Balaban J connectivity index is 2.02. The third-order valence-electron chi connectivity index (χ3n) is 2.33. The number of ether oxygens (including phenoxy) is 2. The van der Waals surface area contributed by atoms with Crippen molar-refractivity contribution in [2.24, 2.45) is 0 Å². The van der Waals surface area contributed by atoms with Crippen molar-refractivity contribution in [1.82, 2.24) is 15.0 Å². The highest BCUT2D eigenvalue weighted by molar-refractivity contribution is 6.28. The molecule has 0 spiro atoms. The summed E-state index contributed by atoms with van der Waals surface area (Å²) in [5.41, 5.74) is 0. The minimum absolute atomic E-state index is 0.107. The number of hydrogen-bond acceptors (Lipinski definition) is 5. The Morgan fingerprint density at radius 3 is 2.62 bits per heavy atom. The molecule has 0 saturated heterocycles. The smallest absolute Gasteiger partial charge is 0.324 e. The van der Waals surface area contributed by atoms with Gasteiger partial charge in [0.25, 0.3) is 0 Å². The fourth-order valence-corrected chi connectivity index (χ4v) is 1.41. The topological polar surface area (TPSA) is 57.1 Å². The lowest BCUT2D eigenvalue weighted by atomic mass is 9.96. The van der Waals surface area contributed by atoms with Crippen molar-refractivity contribution in [1.29, 1.82) is 0 Å². The van der Waals surface area contributed by atoms with E-state index in [0.29, 0.717) is 6.61 Å². The monoisotopic (exact) mass is 243 g/mol. The van der Waals surface area contributed by atoms with E-state index in [1.165, 1.54) is 6.42 Å². The highest BCUT2D eigenvalue weighted by Gasteiger charge is 2.21. The molecule has 0 bridgehead atoms. The standard InChI is InChI=1S/C10H14ClN3O2/c1-2-6-15-9-12-8(11)13-10(14-9)16-7-4-3-5-7/h7H,2-6H2,1H3. The molecule has 1 saturated carbocycles. The number of aromatic nitrogens is 3. The van der Waals surface area contributed by atoms with E-state index < -0.39 is 0 Å². The molecule has 1 aromatic heterocycles. The van der Waals surface area contributed by atoms with Crippen LogP contribution in [0.25, 0.3) is 0 Å². The molecule has 0 radical (unpaired) electrons. The van der Waals surface area contributed by atoms with Crippen molar-refractivity contribution >= 4 is 11.6 Å². The van der Waals surface area contributed by atoms with E-state index >= 15 is 0 Å². The molecule has 1 fully saturated rings. The van der Waals surface area contributed by atoms with E-state index in [1.54, 1.807) is 0 Å². The Hall–Kier alpha value is -1.10. The number of rotatable bonds is 5. The third kappa shape index (κ3) is 2.95. The number of halogens is 1. The Morgan fingerprint density at radius 1 is 1.25 bits per heavy atom. The van der Waals surface area contributed by atoms with Gasteiger partial charge in [-0.15, -0.1) is 4.98 Å². The normalized spacial score (nSPS) is 15.6. The minimum atomic E-state index is 0.107. The van der Waals surface area contributed by atoms with Crippen LogP contribution in [-0.2, 0) is 0 Å². The van der Waals surface area contributed by atoms with Crippen LogP contribution in [0, 0.1) is 0 Å². The molecule has 0 N–H and O–H groups in total. The van der Waals surface area contributed by atoms with Gasteiger partial charge in [-0.2, -0.15) is 9.97 Å². The Morgan fingerprint density at radius 2 is 2.00 bits per heavy atom. The molecule has 88 valence electrons. The molecule has 1 aliphatic rings. The van der Waals surface area contributed by atoms with Gasteiger partial charge in [-0.3, -0.25) is 0 Å². The van der Waals surface area contributed by atoms with Gasteiger partial charge in [0.2, 0.25) is 5.28 Å². The summed E-state index contributed by atoms with van der Waals surface area (Å²) in [5.74, 6) is 0. The SMILES string of the molecule is CCCOc1nc(Cl)nc(OC2CCC2)n1. The molecule has 1 aromatic rings. The van der Waals surface area contributed by atoms with Gasteiger partial charge in [-0.05, 0) is 37.3 Å². The maximum Gasteiger partial charge on any atom is 0.324 e. The van der Waals surface area contributed by atoms with Gasteiger partial charge < -0.3 is 9.47 Å². The fourth-order valence-electron chi connectivity index (χ4n) is 1.26. The summed E-state index contributed by atoms with van der Waals surface area (Å²) >= 11 is 5.75. The average molecular weight is 244 g/mol. The molecule has 0 unspecified atom stereocenters. The van der Waals surface area contributed by atoms with Crippen LogP contribution in [0.2, 0.25) is 5.28 Å². The van der Waals surface area contributed by atoms with Gasteiger partial charge in [0.15, 0.2) is 0 Å². The quantitative estimate of drug-likeness (QED) is 0.794. The maximum atomic E-state index is 5.75. The number of nitrogens with zero attached hydrogens (tertiary/aromatic N) is 3. The van der Waals surface area contributed by atoms with Crippen molar-refractivity contribution in [3.63, 3.8) is 0 Å².